The topological polar surface area (TPSA) is 76.9 Å². The lowest BCUT2D eigenvalue weighted by Gasteiger charge is -2.23. The number of anilines is 1. The van der Waals surface area contributed by atoms with Gasteiger partial charge in [0.2, 0.25) is 11.8 Å². The van der Waals surface area contributed by atoms with Gasteiger partial charge in [0.1, 0.15) is 13.2 Å². The molecule has 1 atom stereocenters. The fourth-order valence-electron chi connectivity index (χ4n) is 4.67. The zero-order chi connectivity index (χ0) is 23.8. The Kier molecular flexibility index (Phi) is 5.73. The summed E-state index contributed by atoms with van der Waals surface area (Å²) in [6.07, 6.45) is 0.193. The Hall–Kier alpha value is -3.81. The smallest absolute Gasteiger partial charge is 0.228 e. The lowest BCUT2D eigenvalue weighted by atomic mass is 10.1. The number of para-hydroxylation sites is 1. The lowest BCUT2D eigenvalue weighted by molar-refractivity contribution is -0.135. The van der Waals surface area contributed by atoms with Gasteiger partial charge in [-0.2, -0.15) is 5.10 Å². The van der Waals surface area contributed by atoms with Crippen molar-refractivity contribution in [3.8, 4) is 17.2 Å². The fourth-order valence-corrected chi connectivity index (χ4v) is 4.67. The van der Waals surface area contributed by atoms with Gasteiger partial charge in [0, 0.05) is 49.6 Å². The van der Waals surface area contributed by atoms with Crippen LogP contribution in [0.15, 0.2) is 48.5 Å². The van der Waals surface area contributed by atoms with Crippen LogP contribution >= 0.6 is 0 Å². The largest absolute Gasteiger partial charge is 0.486 e. The Morgan fingerprint density at radius 3 is 2.56 bits per heavy atom. The third-order valence-corrected chi connectivity index (χ3v) is 6.53. The molecule has 2 aliphatic rings. The van der Waals surface area contributed by atoms with Gasteiger partial charge in [-0.05, 0) is 38.1 Å². The molecule has 8 nitrogen and oxygen atoms in total. The van der Waals surface area contributed by atoms with Crippen LogP contribution in [0.2, 0.25) is 0 Å². The van der Waals surface area contributed by atoms with E-state index < -0.39 is 5.92 Å². The first-order valence-corrected chi connectivity index (χ1v) is 11.5. The van der Waals surface area contributed by atoms with Crippen LogP contribution in [0.25, 0.3) is 5.69 Å². The van der Waals surface area contributed by atoms with Gasteiger partial charge in [-0.15, -0.1) is 0 Å². The minimum absolute atomic E-state index is 0.0420. The van der Waals surface area contributed by atoms with Gasteiger partial charge in [0.15, 0.2) is 11.5 Å². The van der Waals surface area contributed by atoms with Crippen LogP contribution in [0.3, 0.4) is 0 Å². The van der Waals surface area contributed by atoms with Crippen LogP contribution in [0.1, 0.15) is 23.4 Å². The summed E-state index contributed by atoms with van der Waals surface area (Å²) in [7, 11) is 1.79. The molecular weight excluding hydrogens is 432 g/mol. The summed E-state index contributed by atoms with van der Waals surface area (Å²) in [5.74, 6) is 0.809. The number of carbonyl (C=O) groups is 2. The third-order valence-electron chi connectivity index (χ3n) is 6.53. The van der Waals surface area contributed by atoms with E-state index >= 15 is 0 Å². The number of hydrogen-bond donors (Lipinski definition) is 0. The van der Waals surface area contributed by atoms with Gasteiger partial charge in [0.05, 0.1) is 17.3 Å². The predicted octanol–water partition coefficient (Wildman–Crippen LogP) is 3.27. The molecule has 8 heteroatoms. The summed E-state index contributed by atoms with van der Waals surface area (Å²) in [5, 5.41) is 4.68. The Balaban J connectivity index is 1.29. The molecule has 0 bridgehead atoms. The van der Waals surface area contributed by atoms with Crippen molar-refractivity contribution in [3.05, 3.63) is 65.5 Å². The first-order valence-electron chi connectivity index (χ1n) is 11.5. The van der Waals surface area contributed by atoms with Crippen molar-refractivity contribution in [2.24, 2.45) is 5.92 Å². The van der Waals surface area contributed by atoms with Crippen molar-refractivity contribution in [2.75, 3.05) is 31.7 Å². The number of hydrogen-bond acceptors (Lipinski definition) is 5. The van der Waals surface area contributed by atoms with Crippen molar-refractivity contribution in [1.29, 1.82) is 0 Å². The number of fused-ring (bicyclic) bond motifs is 1. The highest BCUT2D eigenvalue weighted by Gasteiger charge is 2.37. The Morgan fingerprint density at radius 2 is 1.79 bits per heavy atom. The standard InChI is InChI=1S/C26H28N4O4/c1-17-22(18(2)30(27-17)20-7-5-4-6-8-20)16-28(3)26(32)19-13-25(31)29(15-19)21-9-10-23-24(14-21)34-12-11-33-23/h4-10,14,19H,11-13,15-16H2,1-3H3/t19-/m1/s1. The van der Waals surface area contributed by atoms with E-state index in [9.17, 15) is 9.59 Å². The molecule has 2 aliphatic heterocycles. The molecule has 0 saturated carbocycles. The zero-order valence-electron chi connectivity index (χ0n) is 19.7. The van der Waals surface area contributed by atoms with E-state index in [0.29, 0.717) is 37.8 Å². The first kappa shape index (κ1) is 22.0. The normalized spacial score (nSPS) is 17.2. The molecule has 1 aromatic heterocycles. The Bertz CT molecular complexity index is 1240. The van der Waals surface area contributed by atoms with Crippen LogP contribution < -0.4 is 14.4 Å². The molecule has 1 fully saturated rings. The van der Waals surface area contributed by atoms with E-state index in [2.05, 4.69) is 5.10 Å². The Labute approximate surface area is 198 Å². The second kappa shape index (κ2) is 8.85. The number of benzene rings is 2. The number of aryl methyl sites for hydroxylation is 1. The Morgan fingerprint density at radius 1 is 1.06 bits per heavy atom. The summed E-state index contributed by atoms with van der Waals surface area (Å²) >= 11 is 0. The maximum atomic E-state index is 13.3. The molecule has 0 spiro atoms. The summed E-state index contributed by atoms with van der Waals surface area (Å²) < 4.78 is 13.1. The maximum absolute atomic E-state index is 13.3. The van der Waals surface area contributed by atoms with Gasteiger partial charge in [-0.1, -0.05) is 18.2 Å². The highest BCUT2D eigenvalue weighted by Crippen LogP contribution is 2.36. The van der Waals surface area contributed by atoms with E-state index in [1.807, 2.05) is 67.1 Å². The van der Waals surface area contributed by atoms with Crippen LogP contribution in [0.4, 0.5) is 5.69 Å². The fraction of sp³-hybridized carbons (Fsp3) is 0.346. The summed E-state index contributed by atoms with van der Waals surface area (Å²) in [5.41, 5.74) is 4.63. The molecular formula is C26H28N4O4. The lowest BCUT2D eigenvalue weighted by Crippen LogP contribution is -2.34. The summed E-state index contributed by atoms with van der Waals surface area (Å²) in [4.78, 5) is 29.4. The number of carbonyl (C=O) groups excluding carboxylic acids is 2. The molecule has 2 amide bonds. The van der Waals surface area contributed by atoms with E-state index in [4.69, 9.17) is 9.47 Å². The van der Waals surface area contributed by atoms with Gasteiger partial charge in [-0.3, -0.25) is 9.59 Å². The van der Waals surface area contributed by atoms with Crippen molar-refractivity contribution in [3.63, 3.8) is 0 Å². The van der Waals surface area contributed by atoms with E-state index in [1.54, 1.807) is 16.8 Å². The monoisotopic (exact) mass is 460 g/mol. The van der Waals surface area contributed by atoms with Gasteiger partial charge in [-0.25, -0.2) is 4.68 Å². The molecule has 176 valence electrons. The van der Waals surface area contributed by atoms with E-state index in [-0.39, 0.29) is 18.2 Å². The van der Waals surface area contributed by atoms with Gasteiger partial charge in [0.25, 0.3) is 0 Å². The quantitative estimate of drug-likeness (QED) is 0.584. The molecule has 0 unspecified atom stereocenters. The molecule has 3 heterocycles. The molecule has 2 aromatic carbocycles. The number of ether oxygens (including phenoxy) is 2. The molecule has 34 heavy (non-hydrogen) atoms. The molecule has 5 rings (SSSR count). The highest BCUT2D eigenvalue weighted by molar-refractivity contribution is 6.00. The van der Waals surface area contributed by atoms with Crippen LogP contribution in [-0.2, 0) is 16.1 Å². The highest BCUT2D eigenvalue weighted by atomic mass is 16.6. The van der Waals surface area contributed by atoms with Crippen molar-refractivity contribution in [2.45, 2.75) is 26.8 Å². The third kappa shape index (κ3) is 4.00. The molecule has 0 radical (unpaired) electrons. The average Bonchev–Trinajstić information content (AvgIpc) is 3.38. The van der Waals surface area contributed by atoms with Gasteiger partial charge < -0.3 is 19.3 Å². The second-order valence-corrected chi connectivity index (χ2v) is 8.82. The summed E-state index contributed by atoms with van der Waals surface area (Å²) in [6, 6.07) is 15.4. The average molecular weight is 461 g/mol. The van der Waals surface area contributed by atoms with Crippen molar-refractivity contribution in [1.82, 2.24) is 14.7 Å². The molecule has 0 N–H and O–H groups in total. The molecule has 3 aromatic rings. The minimum atomic E-state index is -0.393. The van der Waals surface area contributed by atoms with Crippen molar-refractivity contribution >= 4 is 17.5 Å². The number of amides is 2. The first-order chi connectivity index (χ1) is 16.4. The second-order valence-electron chi connectivity index (χ2n) is 8.82. The SMILES string of the molecule is Cc1nn(-c2ccccc2)c(C)c1CN(C)C(=O)[C@@H]1CC(=O)N(c2ccc3c(c2)OCCO3)C1. The zero-order valence-corrected chi connectivity index (χ0v) is 19.7. The van der Waals surface area contributed by atoms with Crippen LogP contribution in [0.5, 0.6) is 11.5 Å². The number of nitrogens with zero attached hydrogens (tertiary/aromatic N) is 4. The van der Waals surface area contributed by atoms with Crippen molar-refractivity contribution < 1.29 is 19.1 Å². The maximum Gasteiger partial charge on any atom is 0.228 e. The van der Waals surface area contributed by atoms with Crippen LogP contribution in [-0.4, -0.2) is 53.3 Å². The van der Waals surface area contributed by atoms with E-state index in [0.717, 1.165) is 28.3 Å². The number of aromatic nitrogens is 2. The van der Waals surface area contributed by atoms with Crippen LogP contribution in [0, 0.1) is 19.8 Å². The number of rotatable bonds is 5. The molecule has 0 aliphatic carbocycles. The summed E-state index contributed by atoms with van der Waals surface area (Å²) in [6.45, 7) is 5.77. The minimum Gasteiger partial charge on any atom is -0.486 e. The molecule has 1 saturated heterocycles. The van der Waals surface area contributed by atoms with Gasteiger partial charge >= 0.3 is 0 Å². The van der Waals surface area contributed by atoms with E-state index in [1.165, 1.54) is 0 Å². The predicted molar refractivity (Wildman–Crippen MR) is 127 cm³/mol.